The number of carbonyl (C=O) groups is 2. The van der Waals surface area contributed by atoms with Crippen molar-refractivity contribution < 1.29 is 14.7 Å². The number of ketones is 1. The van der Waals surface area contributed by atoms with Crippen molar-refractivity contribution in [3.63, 3.8) is 0 Å². The van der Waals surface area contributed by atoms with Crippen LogP contribution in [0.25, 0.3) is 0 Å². The molecule has 0 saturated carbocycles. The van der Waals surface area contributed by atoms with Gasteiger partial charge in [-0.3, -0.25) is 14.5 Å². The highest BCUT2D eigenvalue weighted by molar-refractivity contribution is 5.80. The van der Waals surface area contributed by atoms with E-state index in [1.165, 1.54) is 0 Å². The molecule has 1 heterocycles. The zero-order chi connectivity index (χ0) is 13.7. The summed E-state index contributed by atoms with van der Waals surface area (Å²) >= 11 is 0. The van der Waals surface area contributed by atoms with Gasteiger partial charge in [0, 0.05) is 26.2 Å². The van der Waals surface area contributed by atoms with E-state index in [9.17, 15) is 9.59 Å². The molecule has 0 aromatic heterocycles. The van der Waals surface area contributed by atoms with Crippen LogP contribution in [0.2, 0.25) is 0 Å². The van der Waals surface area contributed by atoms with Gasteiger partial charge in [0.1, 0.15) is 5.78 Å². The molecular weight excluding hydrogens is 232 g/mol. The fraction of sp³-hybridized carbons (Fsp3) is 0.846. The maximum Gasteiger partial charge on any atom is 0.307 e. The number of Topliss-reactive ketones (excluding diaryl/α,β-unsaturated/α-hetero) is 1. The summed E-state index contributed by atoms with van der Waals surface area (Å²) in [5, 5.41) is 8.91. The molecule has 0 aromatic carbocycles. The summed E-state index contributed by atoms with van der Waals surface area (Å²) in [6, 6.07) is -0.0261. The Morgan fingerprint density at radius 3 is 2.39 bits per heavy atom. The molecule has 1 aliphatic heterocycles. The topological polar surface area (TPSA) is 60.9 Å². The molecule has 0 spiro atoms. The van der Waals surface area contributed by atoms with Crippen LogP contribution in [0.4, 0.5) is 0 Å². The molecule has 18 heavy (non-hydrogen) atoms. The minimum atomic E-state index is -0.742. The van der Waals surface area contributed by atoms with Crippen LogP contribution in [0.5, 0.6) is 0 Å². The summed E-state index contributed by atoms with van der Waals surface area (Å²) in [6.07, 6.45) is 0.990. The molecule has 0 amide bonds. The van der Waals surface area contributed by atoms with Crippen LogP contribution in [0.1, 0.15) is 27.2 Å². The van der Waals surface area contributed by atoms with Crippen LogP contribution in [-0.2, 0) is 9.59 Å². The Morgan fingerprint density at radius 1 is 1.17 bits per heavy atom. The second kappa shape index (κ2) is 6.85. The van der Waals surface area contributed by atoms with E-state index in [2.05, 4.69) is 9.80 Å². The number of carbonyl (C=O) groups excluding carboxylic acids is 1. The Hall–Kier alpha value is -0.940. The van der Waals surface area contributed by atoms with Crippen molar-refractivity contribution in [2.45, 2.75) is 33.2 Å². The number of rotatable bonds is 5. The Morgan fingerprint density at radius 2 is 1.83 bits per heavy atom. The number of carboxylic acids is 1. The molecule has 1 fully saturated rings. The minimum Gasteiger partial charge on any atom is -0.481 e. The van der Waals surface area contributed by atoms with Gasteiger partial charge in [0.05, 0.1) is 12.0 Å². The summed E-state index contributed by atoms with van der Waals surface area (Å²) in [6.45, 7) is 9.41. The molecule has 0 radical (unpaired) electrons. The molecule has 104 valence electrons. The molecule has 1 saturated heterocycles. The van der Waals surface area contributed by atoms with Gasteiger partial charge < -0.3 is 10.0 Å². The zero-order valence-electron chi connectivity index (χ0n) is 11.6. The van der Waals surface area contributed by atoms with Crippen molar-refractivity contribution in [1.82, 2.24) is 9.80 Å². The van der Waals surface area contributed by atoms with Crippen LogP contribution < -0.4 is 0 Å². The number of carboxylic acid groups (broad SMARTS) is 1. The average Bonchev–Trinajstić information content (AvgIpc) is 2.53. The van der Waals surface area contributed by atoms with E-state index in [-0.39, 0.29) is 17.7 Å². The van der Waals surface area contributed by atoms with Crippen LogP contribution in [0, 0.1) is 5.92 Å². The molecule has 0 aromatic rings. The standard InChI is InChI=1S/C13H24N2O3/c1-10(13(17)18)9-14-5-4-6-15(8-7-14)11(2)12(3)16/h10-11H,4-9H2,1-3H3,(H,17,18). The third-order valence-electron chi connectivity index (χ3n) is 3.71. The lowest BCUT2D eigenvalue weighted by atomic mass is 10.1. The van der Waals surface area contributed by atoms with E-state index >= 15 is 0 Å². The van der Waals surface area contributed by atoms with Gasteiger partial charge in [-0.15, -0.1) is 0 Å². The lowest BCUT2D eigenvalue weighted by Crippen LogP contribution is -2.41. The first-order valence-electron chi connectivity index (χ1n) is 6.61. The van der Waals surface area contributed by atoms with E-state index in [1.807, 2.05) is 6.92 Å². The molecular formula is C13H24N2O3. The normalized spacial score (nSPS) is 22.2. The second-order valence-electron chi connectivity index (χ2n) is 5.22. The van der Waals surface area contributed by atoms with Gasteiger partial charge in [-0.05, 0) is 26.8 Å². The summed E-state index contributed by atoms with van der Waals surface area (Å²) in [5.41, 5.74) is 0. The Kier molecular flexibility index (Phi) is 5.75. The first kappa shape index (κ1) is 15.1. The van der Waals surface area contributed by atoms with Crippen molar-refractivity contribution in [3.05, 3.63) is 0 Å². The highest BCUT2D eigenvalue weighted by Crippen LogP contribution is 2.09. The van der Waals surface area contributed by atoms with E-state index in [0.29, 0.717) is 6.54 Å². The SMILES string of the molecule is CC(=O)C(C)N1CCCN(CC(C)C(=O)O)CC1. The molecule has 2 atom stereocenters. The van der Waals surface area contributed by atoms with Gasteiger partial charge in [0.15, 0.2) is 0 Å². The van der Waals surface area contributed by atoms with Gasteiger partial charge in [-0.1, -0.05) is 6.92 Å². The van der Waals surface area contributed by atoms with Crippen LogP contribution >= 0.6 is 0 Å². The van der Waals surface area contributed by atoms with E-state index < -0.39 is 5.97 Å². The maximum absolute atomic E-state index is 11.4. The summed E-state index contributed by atoms with van der Waals surface area (Å²) < 4.78 is 0. The Bertz CT molecular complexity index is 307. The second-order valence-corrected chi connectivity index (χ2v) is 5.22. The molecule has 5 nitrogen and oxygen atoms in total. The number of hydrogen-bond acceptors (Lipinski definition) is 4. The van der Waals surface area contributed by atoms with Gasteiger partial charge >= 0.3 is 5.97 Å². The van der Waals surface area contributed by atoms with Crippen LogP contribution in [0.15, 0.2) is 0 Å². The monoisotopic (exact) mass is 256 g/mol. The van der Waals surface area contributed by atoms with Crippen molar-refractivity contribution in [3.8, 4) is 0 Å². The predicted octanol–water partition coefficient (Wildman–Crippen LogP) is 0.692. The number of hydrogen-bond donors (Lipinski definition) is 1. The summed E-state index contributed by atoms with van der Waals surface area (Å²) in [7, 11) is 0. The summed E-state index contributed by atoms with van der Waals surface area (Å²) in [4.78, 5) is 26.6. The van der Waals surface area contributed by atoms with Crippen LogP contribution in [-0.4, -0.2) is 65.4 Å². The number of aliphatic carboxylic acids is 1. The minimum absolute atomic E-state index is 0.0261. The highest BCUT2D eigenvalue weighted by atomic mass is 16.4. The fourth-order valence-electron chi connectivity index (χ4n) is 2.28. The smallest absolute Gasteiger partial charge is 0.307 e. The lowest BCUT2D eigenvalue weighted by Gasteiger charge is -2.26. The van der Waals surface area contributed by atoms with Crippen molar-refractivity contribution in [2.24, 2.45) is 5.92 Å². The molecule has 5 heteroatoms. The average molecular weight is 256 g/mol. The van der Waals surface area contributed by atoms with Crippen molar-refractivity contribution in [2.75, 3.05) is 32.7 Å². The Labute approximate surface area is 109 Å². The molecule has 1 aliphatic rings. The predicted molar refractivity (Wildman–Crippen MR) is 69.6 cm³/mol. The molecule has 0 bridgehead atoms. The molecule has 1 N–H and O–H groups in total. The lowest BCUT2D eigenvalue weighted by molar-refractivity contribution is -0.141. The van der Waals surface area contributed by atoms with Crippen LogP contribution in [0.3, 0.4) is 0 Å². The first-order valence-corrected chi connectivity index (χ1v) is 6.61. The van der Waals surface area contributed by atoms with Gasteiger partial charge in [0.25, 0.3) is 0 Å². The summed E-state index contributed by atoms with van der Waals surface area (Å²) in [5.74, 6) is -0.877. The van der Waals surface area contributed by atoms with E-state index in [4.69, 9.17) is 5.11 Å². The quantitative estimate of drug-likeness (QED) is 0.784. The van der Waals surface area contributed by atoms with Gasteiger partial charge in [0.2, 0.25) is 0 Å². The zero-order valence-corrected chi connectivity index (χ0v) is 11.6. The molecule has 1 rings (SSSR count). The first-order chi connectivity index (χ1) is 8.41. The van der Waals surface area contributed by atoms with Gasteiger partial charge in [-0.25, -0.2) is 0 Å². The van der Waals surface area contributed by atoms with Crippen molar-refractivity contribution in [1.29, 1.82) is 0 Å². The third kappa shape index (κ3) is 4.38. The molecule has 2 unspecified atom stereocenters. The van der Waals surface area contributed by atoms with Gasteiger partial charge in [-0.2, -0.15) is 0 Å². The largest absolute Gasteiger partial charge is 0.481 e. The number of nitrogens with zero attached hydrogens (tertiary/aromatic N) is 2. The van der Waals surface area contributed by atoms with E-state index in [1.54, 1.807) is 13.8 Å². The van der Waals surface area contributed by atoms with E-state index in [0.717, 1.165) is 32.6 Å². The van der Waals surface area contributed by atoms with Crippen molar-refractivity contribution >= 4 is 11.8 Å². The maximum atomic E-state index is 11.4. The fourth-order valence-corrected chi connectivity index (χ4v) is 2.28. The highest BCUT2D eigenvalue weighted by Gasteiger charge is 2.23. The molecule has 0 aliphatic carbocycles. The third-order valence-corrected chi connectivity index (χ3v) is 3.71. The Balaban J connectivity index is 2.46.